The minimum Gasteiger partial charge on any atom is -0.379 e. The molecule has 1 aliphatic rings. The number of rotatable bonds is 7. The van der Waals surface area contributed by atoms with Crippen molar-refractivity contribution in [2.45, 2.75) is 19.8 Å². The predicted octanol–water partition coefficient (Wildman–Crippen LogP) is 0.888. The first-order chi connectivity index (χ1) is 7.15. The Kier molecular flexibility index (Phi) is 7.72. The zero-order valence-corrected chi connectivity index (χ0v) is 11.0. The lowest BCUT2D eigenvalue weighted by Gasteiger charge is -2.20. The topological polar surface area (TPSA) is 55.6 Å². The summed E-state index contributed by atoms with van der Waals surface area (Å²) in [6.45, 7) is 4.41. The standard InChI is InChI=1S/C11H22N2O2.ClH/c1-9(7-12)11(14)13(2)5-6-15-8-10-3-4-10;/h9-10H,3-8,12H2,1-2H3;1H. The van der Waals surface area contributed by atoms with E-state index >= 15 is 0 Å². The minimum atomic E-state index is -0.0848. The number of amides is 1. The molecule has 1 fully saturated rings. The van der Waals surface area contributed by atoms with E-state index in [2.05, 4.69) is 0 Å². The van der Waals surface area contributed by atoms with Crippen LogP contribution in [0.25, 0.3) is 0 Å². The number of ether oxygens (including phenoxy) is 1. The Morgan fingerprint density at radius 1 is 1.56 bits per heavy atom. The fourth-order valence-electron chi connectivity index (χ4n) is 1.32. The molecule has 16 heavy (non-hydrogen) atoms. The zero-order valence-electron chi connectivity index (χ0n) is 10.1. The highest BCUT2D eigenvalue weighted by atomic mass is 35.5. The second-order valence-electron chi connectivity index (χ2n) is 4.41. The number of hydrogen-bond donors (Lipinski definition) is 1. The highest BCUT2D eigenvalue weighted by Gasteiger charge is 2.21. The van der Waals surface area contributed by atoms with E-state index < -0.39 is 0 Å². The van der Waals surface area contributed by atoms with Gasteiger partial charge >= 0.3 is 0 Å². The summed E-state index contributed by atoms with van der Waals surface area (Å²) in [5, 5.41) is 0. The Morgan fingerprint density at radius 2 is 2.19 bits per heavy atom. The van der Waals surface area contributed by atoms with Crippen LogP contribution in [-0.4, -0.2) is 44.2 Å². The second-order valence-corrected chi connectivity index (χ2v) is 4.41. The Balaban J connectivity index is 0.00000225. The molecule has 1 amide bonds. The number of likely N-dealkylation sites (N-methyl/N-ethyl adjacent to an activating group) is 1. The molecule has 0 radical (unpaired) electrons. The number of hydrogen-bond acceptors (Lipinski definition) is 3. The third-order valence-corrected chi connectivity index (χ3v) is 2.77. The van der Waals surface area contributed by atoms with Gasteiger partial charge in [-0.15, -0.1) is 12.4 Å². The van der Waals surface area contributed by atoms with E-state index in [1.165, 1.54) is 12.8 Å². The minimum absolute atomic E-state index is 0. The van der Waals surface area contributed by atoms with Crippen molar-refractivity contribution in [2.75, 3.05) is 33.4 Å². The first kappa shape index (κ1) is 15.7. The molecule has 1 aliphatic carbocycles. The number of nitrogens with zero attached hydrogens (tertiary/aromatic N) is 1. The summed E-state index contributed by atoms with van der Waals surface area (Å²) in [6.07, 6.45) is 2.61. The van der Waals surface area contributed by atoms with Gasteiger partial charge in [-0.2, -0.15) is 0 Å². The molecule has 1 atom stereocenters. The van der Waals surface area contributed by atoms with Crippen LogP contribution in [-0.2, 0) is 9.53 Å². The SMILES string of the molecule is CC(CN)C(=O)N(C)CCOCC1CC1.Cl. The molecule has 1 rings (SSSR count). The van der Waals surface area contributed by atoms with Crippen LogP contribution >= 0.6 is 12.4 Å². The van der Waals surface area contributed by atoms with E-state index in [9.17, 15) is 4.79 Å². The fourth-order valence-corrected chi connectivity index (χ4v) is 1.32. The molecule has 0 aromatic rings. The summed E-state index contributed by atoms with van der Waals surface area (Å²) >= 11 is 0. The quantitative estimate of drug-likeness (QED) is 0.683. The molecule has 1 unspecified atom stereocenters. The van der Waals surface area contributed by atoms with Crippen LogP contribution in [0.15, 0.2) is 0 Å². The maximum Gasteiger partial charge on any atom is 0.226 e. The highest BCUT2D eigenvalue weighted by molar-refractivity contribution is 5.85. The van der Waals surface area contributed by atoms with E-state index in [0.717, 1.165) is 12.5 Å². The van der Waals surface area contributed by atoms with Gasteiger partial charge in [-0.3, -0.25) is 4.79 Å². The van der Waals surface area contributed by atoms with Crippen LogP contribution in [0, 0.1) is 11.8 Å². The van der Waals surface area contributed by atoms with Crippen molar-refractivity contribution >= 4 is 18.3 Å². The van der Waals surface area contributed by atoms with Crippen LogP contribution in [0.4, 0.5) is 0 Å². The number of carbonyl (C=O) groups is 1. The zero-order chi connectivity index (χ0) is 11.3. The molecule has 2 N–H and O–H groups in total. The van der Waals surface area contributed by atoms with Crippen LogP contribution in [0.1, 0.15) is 19.8 Å². The monoisotopic (exact) mass is 250 g/mol. The first-order valence-electron chi connectivity index (χ1n) is 5.68. The first-order valence-corrected chi connectivity index (χ1v) is 5.68. The lowest BCUT2D eigenvalue weighted by Crippen LogP contribution is -2.37. The van der Waals surface area contributed by atoms with Crippen LogP contribution in [0.5, 0.6) is 0 Å². The van der Waals surface area contributed by atoms with Crippen molar-refractivity contribution in [1.82, 2.24) is 4.90 Å². The molecule has 0 saturated heterocycles. The van der Waals surface area contributed by atoms with Crippen molar-refractivity contribution in [3.8, 4) is 0 Å². The number of nitrogens with two attached hydrogens (primary N) is 1. The van der Waals surface area contributed by atoms with Gasteiger partial charge in [-0.05, 0) is 18.8 Å². The molecule has 0 bridgehead atoms. The Bertz CT molecular complexity index is 210. The molecule has 0 aromatic heterocycles. The van der Waals surface area contributed by atoms with Crippen molar-refractivity contribution in [3.05, 3.63) is 0 Å². The summed E-state index contributed by atoms with van der Waals surface area (Å²) in [6, 6.07) is 0. The summed E-state index contributed by atoms with van der Waals surface area (Å²) in [4.78, 5) is 13.3. The van der Waals surface area contributed by atoms with Gasteiger partial charge in [0.2, 0.25) is 5.91 Å². The molecule has 5 heteroatoms. The van der Waals surface area contributed by atoms with Gasteiger partial charge in [0.1, 0.15) is 0 Å². The fraction of sp³-hybridized carbons (Fsp3) is 0.909. The summed E-state index contributed by atoms with van der Waals surface area (Å²) in [7, 11) is 1.80. The van der Waals surface area contributed by atoms with Gasteiger partial charge < -0.3 is 15.4 Å². The Morgan fingerprint density at radius 3 is 2.69 bits per heavy atom. The van der Waals surface area contributed by atoms with E-state index in [0.29, 0.717) is 19.7 Å². The summed E-state index contributed by atoms with van der Waals surface area (Å²) in [5.74, 6) is 0.805. The van der Waals surface area contributed by atoms with E-state index in [4.69, 9.17) is 10.5 Å². The molecule has 1 saturated carbocycles. The van der Waals surface area contributed by atoms with Gasteiger partial charge in [-0.25, -0.2) is 0 Å². The van der Waals surface area contributed by atoms with Crippen molar-refractivity contribution in [3.63, 3.8) is 0 Å². The molecule has 0 aromatic carbocycles. The lowest BCUT2D eigenvalue weighted by molar-refractivity contribution is -0.134. The maximum absolute atomic E-state index is 11.6. The van der Waals surface area contributed by atoms with Crippen molar-refractivity contribution in [2.24, 2.45) is 17.6 Å². The highest BCUT2D eigenvalue weighted by Crippen LogP contribution is 2.28. The summed E-state index contributed by atoms with van der Waals surface area (Å²) in [5.41, 5.74) is 5.43. The van der Waals surface area contributed by atoms with Gasteiger partial charge in [0.25, 0.3) is 0 Å². The van der Waals surface area contributed by atoms with Gasteiger partial charge in [-0.1, -0.05) is 6.92 Å². The Labute approximate surface area is 104 Å². The van der Waals surface area contributed by atoms with Crippen LogP contribution in [0.2, 0.25) is 0 Å². The van der Waals surface area contributed by atoms with Gasteiger partial charge in [0.05, 0.1) is 6.61 Å². The number of halogens is 1. The Hall–Kier alpha value is -0.320. The van der Waals surface area contributed by atoms with Gasteiger partial charge in [0.15, 0.2) is 0 Å². The third kappa shape index (κ3) is 5.68. The van der Waals surface area contributed by atoms with Crippen LogP contribution < -0.4 is 5.73 Å². The van der Waals surface area contributed by atoms with E-state index in [1.54, 1.807) is 11.9 Å². The number of carbonyl (C=O) groups excluding carboxylic acids is 1. The van der Waals surface area contributed by atoms with Crippen molar-refractivity contribution in [1.29, 1.82) is 0 Å². The lowest BCUT2D eigenvalue weighted by atomic mass is 10.1. The third-order valence-electron chi connectivity index (χ3n) is 2.77. The molecule has 0 spiro atoms. The maximum atomic E-state index is 11.6. The molecule has 96 valence electrons. The van der Waals surface area contributed by atoms with Crippen molar-refractivity contribution < 1.29 is 9.53 Å². The predicted molar refractivity (Wildman–Crippen MR) is 66.6 cm³/mol. The largest absolute Gasteiger partial charge is 0.379 e. The molecule has 0 heterocycles. The van der Waals surface area contributed by atoms with E-state index in [-0.39, 0.29) is 24.2 Å². The molecule has 0 aliphatic heterocycles. The van der Waals surface area contributed by atoms with Crippen LogP contribution in [0.3, 0.4) is 0 Å². The van der Waals surface area contributed by atoms with Gasteiger partial charge in [0, 0.05) is 32.7 Å². The normalized spacial score (nSPS) is 16.4. The van der Waals surface area contributed by atoms with E-state index in [1.807, 2.05) is 6.92 Å². The average Bonchev–Trinajstić information content (AvgIpc) is 3.05. The molecule has 4 nitrogen and oxygen atoms in total. The summed E-state index contributed by atoms with van der Waals surface area (Å²) < 4.78 is 5.47. The average molecular weight is 251 g/mol. The second kappa shape index (κ2) is 7.87. The molecular formula is C11H23ClN2O2. The smallest absolute Gasteiger partial charge is 0.226 e. The molecular weight excluding hydrogens is 228 g/mol.